The van der Waals surface area contributed by atoms with Crippen LogP contribution in [0, 0.1) is 6.92 Å². The summed E-state index contributed by atoms with van der Waals surface area (Å²) < 4.78 is 5.35. The number of anilines is 1. The summed E-state index contributed by atoms with van der Waals surface area (Å²) in [6, 6.07) is 13.4. The summed E-state index contributed by atoms with van der Waals surface area (Å²) in [7, 11) is 0. The van der Waals surface area contributed by atoms with Crippen LogP contribution in [-0.2, 0) is 20.7 Å². The van der Waals surface area contributed by atoms with Crippen LogP contribution in [0.5, 0.6) is 0 Å². The first kappa shape index (κ1) is 27.6. The van der Waals surface area contributed by atoms with Gasteiger partial charge in [-0.15, -0.1) is 0 Å². The summed E-state index contributed by atoms with van der Waals surface area (Å²) in [5.74, 6) is -0.589. The lowest BCUT2D eigenvalue weighted by molar-refractivity contribution is -0.141. The lowest BCUT2D eigenvalue weighted by Gasteiger charge is -2.34. The Morgan fingerprint density at radius 1 is 1.08 bits per heavy atom. The third-order valence-corrected chi connectivity index (χ3v) is 6.36. The summed E-state index contributed by atoms with van der Waals surface area (Å²) in [6.45, 7) is 9.26. The number of carbonyl (C=O) groups is 3. The molecule has 0 saturated heterocycles. The quantitative estimate of drug-likeness (QED) is 0.411. The van der Waals surface area contributed by atoms with E-state index in [1.165, 1.54) is 0 Å². The second kappa shape index (κ2) is 11.8. The van der Waals surface area contributed by atoms with Crippen molar-refractivity contribution >= 4 is 36.2 Å². The van der Waals surface area contributed by atoms with E-state index in [-0.39, 0.29) is 23.6 Å². The number of benzene rings is 2. The molecule has 0 spiro atoms. The smallest absolute Gasteiger partial charge is 0.408 e. The van der Waals surface area contributed by atoms with Crippen LogP contribution in [0.15, 0.2) is 48.5 Å². The summed E-state index contributed by atoms with van der Waals surface area (Å²) in [4.78, 5) is 41.7. The number of thiol groups is 1. The van der Waals surface area contributed by atoms with Crippen LogP contribution in [0.25, 0.3) is 0 Å². The molecule has 36 heavy (non-hydrogen) atoms. The molecular weight excluding hydrogens is 474 g/mol. The minimum atomic E-state index is -0.938. The number of carbonyl (C=O) groups excluding carboxylic acids is 3. The van der Waals surface area contributed by atoms with Crippen LogP contribution in [0.1, 0.15) is 63.3 Å². The lowest BCUT2D eigenvalue weighted by atomic mass is 10.00. The summed E-state index contributed by atoms with van der Waals surface area (Å²) in [6.07, 6.45) is 1.75. The molecule has 2 atom stereocenters. The highest BCUT2D eigenvalue weighted by molar-refractivity contribution is 7.80. The molecule has 1 aliphatic rings. The van der Waals surface area contributed by atoms with Crippen molar-refractivity contribution in [3.63, 3.8) is 0 Å². The Kier molecular flexibility index (Phi) is 9.06. The van der Waals surface area contributed by atoms with Gasteiger partial charge in [0.2, 0.25) is 5.91 Å². The van der Waals surface area contributed by atoms with Crippen LogP contribution in [0.2, 0.25) is 0 Å². The van der Waals surface area contributed by atoms with Crippen molar-refractivity contribution < 1.29 is 19.1 Å². The average Bonchev–Trinajstić information content (AvgIpc) is 3.66. The van der Waals surface area contributed by atoms with E-state index in [1.807, 2.05) is 55.5 Å². The Morgan fingerprint density at radius 3 is 2.25 bits per heavy atom. The van der Waals surface area contributed by atoms with E-state index < -0.39 is 23.8 Å². The summed E-state index contributed by atoms with van der Waals surface area (Å²) in [5, 5.41) is 5.67. The highest BCUT2D eigenvalue weighted by atomic mass is 32.1. The Morgan fingerprint density at radius 2 is 1.72 bits per heavy atom. The number of ether oxygens (including phenoxy) is 1. The first-order valence-corrected chi connectivity index (χ1v) is 13.0. The fourth-order valence-electron chi connectivity index (χ4n) is 3.97. The predicted molar refractivity (Wildman–Crippen MR) is 145 cm³/mol. The molecule has 2 unspecified atom stereocenters. The zero-order valence-electron chi connectivity index (χ0n) is 21.7. The van der Waals surface area contributed by atoms with Gasteiger partial charge in [-0.2, -0.15) is 12.6 Å². The van der Waals surface area contributed by atoms with E-state index >= 15 is 0 Å². The number of hydrogen-bond donors (Lipinski definition) is 3. The molecule has 3 amide bonds. The van der Waals surface area contributed by atoms with Crippen molar-refractivity contribution in [2.45, 2.75) is 77.6 Å². The maximum Gasteiger partial charge on any atom is 0.408 e. The first-order valence-electron chi connectivity index (χ1n) is 12.4. The van der Waals surface area contributed by atoms with Gasteiger partial charge < -0.3 is 20.3 Å². The van der Waals surface area contributed by atoms with Gasteiger partial charge in [-0.1, -0.05) is 49.4 Å². The number of hydrogen-bond acceptors (Lipinski definition) is 5. The van der Waals surface area contributed by atoms with Gasteiger partial charge in [-0.05, 0) is 69.7 Å². The molecule has 0 bridgehead atoms. The number of para-hydroxylation sites is 1. The van der Waals surface area contributed by atoms with Gasteiger partial charge >= 0.3 is 6.09 Å². The van der Waals surface area contributed by atoms with E-state index in [2.05, 4.69) is 30.2 Å². The highest BCUT2D eigenvalue weighted by Gasteiger charge is 2.44. The minimum absolute atomic E-state index is 0.0716. The van der Waals surface area contributed by atoms with Crippen molar-refractivity contribution in [2.75, 3.05) is 11.1 Å². The van der Waals surface area contributed by atoms with Crippen LogP contribution in [0.4, 0.5) is 10.5 Å². The maximum atomic E-state index is 13.8. The largest absolute Gasteiger partial charge is 0.444 e. The first-order chi connectivity index (χ1) is 17.0. The fraction of sp³-hybridized carbons (Fsp3) is 0.464. The summed E-state index contributed by atoms with van der Waals surface area (Å²) in [5.41, 5.74) is 2.77. The van der Waals surface area contributed by atoms with Gasteiger partial charge in [0.25, 0.3) is 5.91 Å². The molecule has 194 valence electrons. The van der Waals surface area contributed by atoms with Gasteiger partial charge in [-0.25, -0.2) is 4.79 Å². The second-order valence-corrected chi connectivity index (χ2v) is 10.5. The molecule has 0 heterocycles. The van der Waals surface area contributed by atoms with Crippen LogP contribution < -0.4 is 10.6 Å². The van der Waals surface area contributed by atoms with E-state index in [0.717, 1.165) is 30.4 Å². The number of amides is 3. The normalized spacial score (nSPS) is 14.9. The van der Waals surface area contributed by atoms with Crippen molar-refractivity contribution in [2.24, 2.45) is 0 Å². The van der Waals surface area contributed by atoms with E-state index in [9.17, 15) is 14.4 Å². The molecule has 7 nitrogen and oxygen atoms in total. The Hall–Kier alpha value is -3.00. The second-order valence-electron chi connectivity index (χ2n) is 10.2. The number of aryl methyl sites for hydroxylation is 2. The molecule has 1 saturated carbocycles. The van der Waals surface area contributed by atoms with Gasteiger partial charge in [0.05, 0.1) is 0 Å². The topological polar surface area (TPSA) is 87.7 Å². The Bertz CT molecular complexity index is 1080. The van der Waals surface area contributed by atoms with E-state index in [1.54, 1.807) is 25.7 Å². The summed E-state index contributed by atoms with van der Waals surface area (Å²) >= 11 is 4.33. The third-order valence-electron chi connectivity index (χ3n) is 6.00. The fourth-order valence-corrected chi connectivity index (χ4v) is 4.22. The molecule has 0 aliphatic heterocycles. The van der Waals surface area contributed by atoms with Crippen LogP contribution in [0.3, 0.4) is 0 Å². The molecule has 2 aromatic rings. The molecule has 2 N–H and O–H groups in total. The minimum Gasteiger partial charge on any atom is -0.444 e. The van der Waals surface area contributed by atoms with E-state index in [4.69, 9.17) is 4.74 Å². The van der Waals surface area contributed by atoms with Crippen molar-refractivity contribution in [3.8, 4) is 0 Å². The monoisotopic (exact) mass is 511 g/mol. The number of nitrogens with zero attached hydrogens (tertiary/aromatic N) is 1. The SMILES string of the molecule is CCc1ccc(C(C(=O)Nc2ccccc2C)N(C(=O)C(CS)NC(=O)OC(C)(C)C)C2CC2)cc1. The molecule has 3 rings (SSSR count). The molecular formula is C28H37N3O4S. The zero-order chi connectivity index (χ0) is 26.5. The van der Waals surface area contributed by atoms with Gasteiger partial charge in [0, 0.05) is 17.5 Å². The number of rotatable bonds is 9. The van der Waals surface area contributed by atoms with Gasteiger partial charge in [0.15, 0.2) is 0 Å². The van der Waals surface area contributed by atoms with Crippen molar-refractivity contribution in [1.29, 1.82) is 0 Å². The third kappa shape index (κ3) is 7.26. The van der Waals surface area contributed by atoms with Gasteiger partial charge in [0.1, 0.15) is 17.7 Å². The number of alkyl carbamates (subject to hydrolysis) is 1. The predicted octanol–water partition coefficient (Wildman–Crippen LogP) is 5.05. The maximum absolute atomic E-state index is 13.8. The lowest BCUT2D eigenvalue weighted by Crippen LogP contribution is -2.54. The molecule has 1 aliphatic carbocycles. The van der Waals surface area contributed by atoms with Crippen molar-refractivity contribution in [1.82, 2.24) is 10.2 Å². The Labute approximate surface area is 219 Å². The standard InChI is InChI=1S/C28H37N3O4S/c1-6-19-11-13-20(14-12-19)24(25(32)29-22-10-8-7-9-18(22)2)31(21-15-16-21)26(33)23(17-36)30-27(34)35-28(3,4)5/h7-14,21,23-24,36H,6,15-17H2,1-5H3,(H,29,32)(H,30,34). The number of nitrogens with one attached hydrogen (secondary N) is 2. The average molecular weight is 512 g/mol. The molecule has 1 fully saturated rings. The molecule has 2 aromatic carbocycles. The van der Waals surface area contributed by atoms with E-state index in [0.29, 0.717) is 11.3 Å². The van der Waals surface area contributed by atoms with Crippen LogP contribution in [-0.4, -0.2) is 46.2 Å². The van der Waals surface area contributed by atoms with Gasteiger partial charge in [-0.3, -0.25) is 9.59 Å². The van der Waals surface area contributed by atoms with Crippen LogP contribution >= 0.6 is 12.6 Å². The molecule has 0 radical (unpaired) electrons. The highest BCUT2D eigenvalue weighted by Crippen LogP contribution is 2.36. The molecule has 0 aromatic heterocycles. The zero-order valence-corrected chi connectivity index (χ0v) is 22.6. The van der Waals surface area contributed by atoms with Crippen molar-refractivity contribution in [3.05, 3.63) is 65.2 Å². The Balaban J connectivity index is 1.95. The molecule has 8 heteroatoms.